The Balaban J connectivity index is 2.67. The van der Waals surface area contributed by atoms with Gasteiger partial charge in [-0.05, 0) is 13.0 Å². The Bertz CT molecular complexity index is 227. The van der Waals surface area contributed by atoms with Gasteiger partial charge >= 0.3 is 0 Å². The van der Waals surface area contributed by atoms with Crippen LogP contribution in [0.25, 0.3) is 6.08 Å². The van der Waals surface area contributed by atoms with Crippen molar-refractivity contribution in [1.82, 2.24) is 5.16 Å². The first kappa shape index (κ1) is 7.02. The molecule has 0 amide bonds. The van der Waals surface area contributed by atoms with E-state index in [1.54, 1.807) is 18.2 Å². The maximum absolute atomic E-state index is 8.39. The average Bonchev–Trinajstić information content (AvgIpc) is 2.31. The molecule has 1 aromatic rings. The second kappa shape index (κ2) is 3.17. The van der Waals surface area contributed by atoms with E-state index in [-0.39, 0.29) is 6.61 Å². The van der Waals surface area contributed by atoms with Crippen molar-refractivity contribution in [3.8, 4) is 0 Å². The van der Waals surface area contributed by atoms with E-state index in [2.05, 4.69) is 5.16 Å². The molecule has 0 fully saturated rings. The Kier molecular flexibility index (Phi) is 2.23. The molecule has 3 nitrogen and oxygen atoms in total. The van der Waals surface area contributed by atoms with Crippen LogP contribution in [0, 0.1) is 6.92 Å². The monoisotopic (exact) mass is 139 g/mol. The Morgan fingerprint density at radius 2 is 2.60 bits per heavy atom. The minimum atomic E-state index is 0.0336. The van der Waals surface area contributed by atoms with E-state index in [1.807, 2.05) is 6.92 Å². The molecule has 0 aliphatic carbocycles. The van der Waals surface area contributed by atoms with Crippen molar-refractivity contribution in [3.63, 3.8) is 0 Å². The second-order valence-corrected chi connectivity index (χ2v) is 1.95. The fourth-order valence-corrected chi connectivity index (χ4v) is 0.638. The van der Waals surface area contributed by atoms with Gasteiger partial charge in [0.05, 0.1) is 6.61 Å². The van der Waals surface area contributed by atoms with Crippen LogP contribution in [-0.2, 0) is 0 Å². The molecule has 3 heteroatoms. The zero-order chi connectivity index (χ0) is 7.40. The van der Waals surface area contributed by atoms with Crippen molar-refractivity contribution in [2.75, 3.05) is 6.61 Å². The molecular formula is C7H9NO2. The summed E-state index contributed by atoms with van der Waals surface area (Å²) in [4.78, 5) is 0. The average molecular weight is 139 g/mol. The van der Waals surface area contributed by atoms with Gasteiger partial charge in [-0.2, -0.15) is 0 Å². The molecule has 1 aromatic heterocycles. The molecule has 0 saturated carbocycles. The molecule has 0 spiro atoms. The fraction of sp³-hybridized carbons (Fsp3) is 0.286. The lowest BCUT2D eigenvalue weighted by atomic mass is 10.3. The number of aliphatic hydroxyl groups excluding tert-OH is 1. The molecule has 54 valence electrons. The van der Waals surface area contributed by atoms with Crippen molar-refractivity contribution >= 4 is 6.08 Å². The molecule has 0 bridgehead atoms. The Hall–Kier alpha value is -1.09. The summed E-state index contributed by atoms with van der Waals surface area (Å²) in [6, 6.07) is 1.80. The summed E-state index contributed by atoms with van der Waals surface area (Å²) in [6.45, 7) is 1.86. The first-order valence-electron chi connectivity index (χ1n) is 3.03. The number of aliphatic hydroxyl groups is 1. The maximum Gasteiger partial charge on any atom is 0.134 e. The van der Waals surface area contributed by atoms with Crippen LogP contribution in [0.1, 0.15) is 11.5 Å². The first-order valence-corrected chi connectivity index (χ1v) is 3.03. The lowest BCUT2D eigenvalue weighted by Crippen LogP contribution is -1.71. The normalized spacial score (nSPS) is 11.0. The predicted octanol–water partition coefficient (Wildman–Crippen LogP) is 0.989. The van der Waals surface area contributed by atoms with Gasteiger partial charge < -0.3 is 9.63 Å². The van der Waals surface area contributed by atoms with Crippen LogP contribution in [0.4, 0.5) is 0 Å². The number of nitrogens with zero attached hydrogens (tertiary/aromatic N) is 1. The van der Waals surface area contributed by atoms with Gasteiger partial charge in [0.25, 0.3) is 0 Å². The molecule has 0 atom stereocenters. The van der Waals surface area contributed by atoms with Gasteiger partial charge in [-0.1, -0.05) is 11.2 Å². The summed E-state index contributed by atoms with van der Waals surface area (Å²) in [7, 11) is 0. The zero-order valence-electron chi connectivity index (χ0n) is 5.74. The van der Waals surface area contributed by atoms with Gasteiger partial charge in [-0.3, -0.25) is 0 Å². The van der Waals surface area contributed by atoms with Gasteiger partial charge in [-0.25, -0.2) is 0 Å². The summed E-state index contributed by atoms with van der Waals surface area (Å²) in [6.07, 6.45) is 3.31. The topological polar surface area (TPSA) is 46.3 Å². The molecule has 0 aromatic carbocycles. The van der Waals surface area contributed by atoms with E-state index >= 15 is 0 Å². The van der Waals surface area contributed by atoms with E-state index in [0.29, 0.717) is 0 Å². The Morgan fingerprint density at radius 3 is 3.10 bits per heavy atom. The zero-order valence-corrected chi connectivity index (χ0v) is 5.74. The predicted molar refractivity (Wildman–Crippen MR) is 37.4 cm³/mol. The minimum absolute atomic E-state index is 0.0336. The molecule has 1 N–H and O–H groups in total. The lowest BCUT2D eigenvalue weighted by Gasteiger charge is -1.76. The first-order chi connectivity index (χ1) is 4.83. The third-order valence-electron chi connectivity index (χ3n) is 1.04. The third kappa shape index (κ3) is 1.70. The summed E-state index contributed by atoms with van der Waals surface area (Å²) < 4.78 is 4.78. The molecule has 0 saturated heterocycles. The van der Waals surface area contributed by atoms with Crippen molar-refractivity contribution < 1.29 is 9.63 Å². The number of hydrogen-bond donors (Lipinski definition) is 1. The van der Waals surface area contributed by atoms with Crippen molar-refractivity contribution in [3.05, 3.63) is 23.6 Å². The van der Waals surface area contributed by atoms with E-state index in [1.165, 1.54) is 0 Å². The molecule has 1 heterocycles. The summed E-state index contributed by atoms with van der Waals surface area (Å²) >= 11 is 0. The maximum atomic E-state index is 8.39. The SMILES string of the molecule is Cc1cc(/C=C/CO)no1. The van der Waals surface area contributed by atoms with Gasteiger partial charge in [0.1, 0.15) is 11.5 Å². The molecule has 0 radical (unpaired) electrons. The molecule has 1 rings (SSSR count). The lowest BCUT2D eigenvalue weighted by molar-refractivity contribution is 0.343. The second-order valence-electron chi connectivity index (χ2n) is 1.95. The fourth-order valence-electron chi connectivity index (χ4n) is 0.638. The van der Waals surface area contributed by atoms with Gasteiger partial charge in [0.2, 0.25) is 0 Å². The van der Waals surface area contributed by atoms with Crippen LogP contribution < -0.4 is 0 Å². The molecule has 0 aliphatic heterocycles. The molecular weight excluding hydrogens is 130 g/mol. The number of aryl methyl sites for hydroxylation is 1. The van der Waals surface area contributed by atoms with Crippen molar-refractivity contribution in [1.29, 1.82) is 0 Å². The third-order valence-corrected chi connectivity index (χ3v) is 1.04. The van der Waals surface area contributed by atoms with Gasteiger partial charge in [0.15, 0.2) is 0 Å². The van der Waals surface area contributed by atoms with Gasteiger partial charge in [0, 0.05) is 6.07 Å². The standard InChI is InChI=1S/C7H9NO2/c1-6-5-7(8-10-6)3-2-4-9/h2-3,5,9H,4H2,1H3/b3-2+. The van der Waals surface area contributed by atoms with Crippen LogP contribution in [0.5, 0.6) is 0 Å². The van der Waals surface area contributed by atoms with E-state index < -0.39 is 0 Å². The smallest absolute Gasteiger partial charge is 0.134 e. The summed E-state index contributed by atoms with van der Waals surface area (Å²) in [5.41, 5.74) is 0.742. The van der Waals surface area contributed by atoms with E-state index in [0.717, 1.165) is 11.5 Å². The molecule has 10 heavy (non-hydrogen) atoms. The van der Waals surface area contributed by atoms with E-state index in [4.69, 9.17) is 9.63 Å². The quantitative estimate of drug-likeness (QED) is 0.664. The number of hydrogen-bond acceptors (Lipinski definition) is 3. The van der Waals surface area contributed by atoms with Crippen molar-refractivity contribution in [2.45, 2.75) is 6.92 Å². The highest BCUT2D eigenvalue weighted by atomic mass is 16.5. The largest absolute Gasteiger partial charge is 0.392 e. The highest BCUT2D eigenvalue weighted by Gasteiger charge is 1.92. The Labute approximate surface area is 59.0 Å². The van der Waals surface area contributed by atoms with Crippen LogP contribution >= 0.6 is 0 Å². The number of aromatic nitrogens is 1. The van der Waals surface area contributed by atoms with Crippen LogP contribution in [-0.4, -0.2) is 16.9 Å². The summed E-state index contributed by atoms with van der Waals surface area (Å²) in [5, 5.41) is 12.1. The summed E-state index contributed by atoms with van der Waals surface area (Å²) in [5.74, 6) is 0.776. The minimum Gasteiger partial charge on any atom is -0.392 e. The highest BCUT2D eigenvalue weighted by Crippen LogP contribution is 2.02. The molecule has 0 unspecified atom stereocenters. The number of rotatable bonds is 2. The highest BCUT2D eigenvalue weighted by molar-refractivity contribution is 5.43. The van der Waals surface area contributed by atoms with Crippen molar-refractivity contribution in [2.24, 2.45) is 0 Å². The van der Waals surface area contributed by atoms with Gasteiger partial charge in [-0.15, -0.1) is 0 Å². The van der Waals surface area contributed by atoms with E-state index in [9.17, 15) is 0 Å². The van der Waals surface area contributed by atoms with Crippen LogP contribution in [0.2, 0.25) is 0 Å². The molecule has 0 aliphatic rings. The Morgan fingerprint density at radius 1 is 1.80 bits per heavy atom. The van der Waals surface area contributed by atoms with Crippen LogP contribution in [0.3, 0.4) is 0 Å². The van der Waals surface area contributed by atoms with Crippen LogP contribution in [0.15, 0.2) is 16.7 Å².